The number of benzene rings is 1. The van der Waals surface area contributed by atoms with E-state index >= 15 is 0 Å². The van der Waals surface area contributed by atoms with Crippen molar-refractivity contribution in [3.8, 4) is 6.07 Å². The van der Waals surface area contributed by atoms with Crippen LogP contribution in [-0.4, -0.2) is 0 Å². The molecular weight excluding hydrogens is 223 g/mol. The Hall–Kier alpha value is -1.86. The maximum Gasteiger partial charge on any atom is 0.123 e. The van der Waals surface area contributed by atoms with Crippen LogP contribution in [0.3, 0.4) is 0 Å². The fraction of sp³-hybridized carbons (Fsp3) is 0.0833. The number of halogens is 1. The molecule has 0 unspecified atom stereocenters. The summed E-state index contributed by atoms with van der Waals surface area (Å²) >= 11 is 1.46. The Bertz CT molecular complexity index is 511. The predicted molar refractivity (Wildman–Crippen MR) is 62.8 cm³/mol. The van der Waals surface area contributed by atoms with Gasteiger partial charge in [-0.15, -0.1) is 11.3 Å². The summed E-state index contributed by atoms with van der Waals surface area (Å²) in [5.41, 5.74) is 0.869. The van der Waals surface area contributed by atoms with Gasteiger partial charge in [0, 0.05) is 17.1 Å². The standard InChI is InChI=1S/C12H9FN2S/c13-9-1-3-10(4-2-9)15-8-12-6-5-11(7-14)16-12/h1-6,15H,8H2. The highest BCUT2D eigenvalue weighted by Gasteiger charge is 1.99. The highest BCUT2D eigenvalue weighted by atomic mass is 32.1. The lowest BCUT2D eigenvalue weighted by atomic mass is 10.3. The summed E-state index contributed by atoms with van der Waals surface area (Å²) in [5, 5.41) is 11.8. The van der Waals surface area contributed by atoms with E-state index in [1.54, 1.807) is 18.2 Å². The van der Waals surface area contributed by atoms with Gasteiger partial charge in [0.15, 0.2) is 0 Å². The molecule has 2 nitrogen and oxygen atoms in total. The van der Waals surface area contributed by atoms with Crippen molar-refractivity contribution in [1.29, 1.82) is 5.26 Å². The maximum atomic E-state index is 12.6. The van der Waals surface area contributed by atoms with Crippen LogP contribution >= 0.6 is 11.3 Å². The van der Waals surface area contributed by atoms with Crippen LogP contribution in [0.1, 0.15) is 9.75 Å². The topological polar surface area (TPSA) is 35.8 Å². The van der Waals surface area contributed by atoms with E-state index in [1.807, 2.05) is 6.07 Å². The van der Waals surface area contributed by atoms with Crippen LogP contribution < -0.4 is 5.32 Å². The minimum atomic E-state index is -0.242. The Morgan fingerprint density at radius 2 is 1.94 bits per heavy atom. The molecule has 1 heterocycles. The summed E-state index contributed by atoms with van der Waals surface area (Å²) in [4.78, 5) is 1.79. The summed E-state index contributed by atoms with van der Waals surface area (Å²) in [6, 6.07) is 12.0. The molecule has 0 atom stereocenters. The van der Waals surface area contributed by atoms with Crippen LogP contribution in [0.25, 0.3) is 0 Å². The average molecular weight is 232 g/mol. The first kappa shape index (κ1) is 10.7. The van der Waals surface area contributed by atoms with Crippen molar-refractivity contribution >= 4 is 17.0 Å². The molecule has 2 aromatic rings. The van der Waals surface area contributed by atoms with E-state index in [2.05, 4.69) is 11.4 Å². The van der Waals surface area contributed by atoms with Crippen LogP contribution in [0.5, 0.6) is 0 Å². The van der Waals surface area contributed by atoms with E-state index in [0.29, 0.717) is 11.4 Å². The number of thiophene rings is 1. The molecule has 1 N–H and O–H groups in total. The normalized spacial score (nSPS) is 9.75. The van der Waals surface area contributed by atoms with Gasteiger partial charge < -0.3 is 5.32 Å². The van der Waals surface area contributed by atoms with Crippen molar-refractivity contribution in [3.05, 3.63) is 52.0 Å². The lowest BCUT2D eigenvalue weighted by molar-refractivity contribution is 0.628. The van der Waals surface area contributed by atoms with E-state index in [4.69, 9.17) is 5.26 Å². The van der Waals surface area contributed by atoms with Gasteiger partial charge in [-0.3, -0.25) is 0 Å². The van der Waals surface area contributed by atoms with Gasteiger partial charge in [0.05, 0.1) is 0 Å². The molecule has 0 radical (unpaired) electrons. The van der Waals surface area contributed by atoms with Crippen molar-refractivity contribution in [1.82, 2.24) is 0 Å². The van der Waals surface area contributed by atoms with Crippen molar-refractivity contribution in [2.75, 3.05) is 5.32 Å². The van der Waals surface area contributed by atoms with E-state index in [0.717, 1.165) is 10.6 Å². The molecule has 4 heteroatoms. The largest absolute Gasteiger partial charge is 0.380 e. The van der Waals surface area contributed by atoms with Crippen molar-refractivity contribution in [2.24, 2.45) is 0 Å². The Kier molecular flexibility index (Phi) is 3.18. The Labute approximate surface area is 97.0 Å². The number of nitriles is 1. The lowest BCUT2D eigenvalue weighted by Crippen LogP contribution is -1.96. The summed E-state index contributed by atoms with van der Waals surface area (Å²) in [7, 11) is 0. The number of hydrogen-bond donors (Lipinski definition) is 1. The number of anilines is 1. The SMILES string of the molecule is N#Cc1ccc(CNc2ccc(F)cc2)s1. The molecule has 0 aliphatic heterocycles. The first-order valence-corrected chi connectivity index (χ1v) is 5.58. The van der Waals surface area contributed by atoms with E-state index in [1.165, 1.54) is 23.5 Å². The van der Waals surface area contributed by atoms with Gasteiger partial charge in [0.1, 0.15) is 16.8 Å². The van der Waals surface area contributed by atoms with Gasteiger partial charge in [-0.25, -0.2) is 4.39 Å². The van der Waals surface area contributed by atoms with E-state index in [-0.39, 0.29) is 5.82 Å². The Balaban J connectivity index is 1.97. The molecule has 1 aromatic carbocycles. The molecule has 80 valence electrons. The average Bonchev–Trinajstić information content (AvgIpc) is 2.76. The fourth-order valence-corrected chi connectivity index (χ4v) is 2.03. The quantitative estimate of drug-likeness (QED) is 0.880. The number of nitrogens with zero attached hydrogens (tertiary/aromatic N) is 1. The smallest absolute Gasteiger partial charge is 0.123 e. The zero-order valence-corrected chi connectivity index (χ0v) is 9.22. The Morgan fingerprint density at radius 3 is 2.56 bits per heavy atom. The third kappa shape index (κ3) is 2.59. The second-order valence-electron chi connectivity index (χ2n) is 3.24. The van der Waals surface area contributed by atoms with Crippen LogP contribution in [0.15, 0.2) is 36.4 Å². The minimum Gasteiger partial charge on any atom is -0.380 e. The second kappa shape index (κ2) is 4.77. The highest BCUT2D eigenvalue weighted by Crippen LogP contribution is 2.17. The zero-order chi connectivity index (χ0) is 11.4. The highest BCUT2D eigenvalue weighted by molar-refractivity contribution is 7.12. The molecule has 0 aliphatic carbocycles. The fourth-order valence-electron chi connectivity index (χ4n) is 1.29. The molecule has 0 amide bonds. The summed E-state index contributed by atoms with van der Waals surface area (Å²) in [6.45, 7) is 0.651. The van der Waals surface area contributed by atoms with Gasteiger partial charge in [-0.1, -0.05) is 0 Å². The molecule has 1 aromatic heterocycles. The summed E-state index contributed by atoms with van der Waals surface area (Å²) in [6.07, 6.45) is 0. The van der Waals surface area contributed by atoms with Crippen molar-refractivity contribution in [3.63, 3.8) is 0 Å². The summed E-state index contributed by atoms with van der Waals surface area (Å²) < 4.78 is 12.6. The van der Waals surface area contributed by atoms with Gasteiger partial charge in [-0.05, 0) is 36.4 Å². The van der Waals surface area contributed by atoms with Crippen LogP contribution in [0, 0.1) is 17.1 Å². The van der Waals surface area contributed by atoms with Gasteiger partial charge in [-0.2, -0.15) is 5.26 Å². The third-order valence-corrected chi connectivity index (χ3v) is 3.07. The summed E-state index contributed by atoms with van der Waals surface area (Å²) in [5.74, 6) is -0.242. The van der Waals surface area contributed by atoms with Crippen molar-refractivity contribution < 1.29 is 4.39 Å². The lowest BCUT2D eigenvalue weighted by Gasteiger charge is -2.03. The monoisotopic (exact) mass is 232 g/mol. The molecule has 0 saturated heterocycles. The van der Waals surface area contributed by atoms with Gasteiger partial charge >= 0.3 is 0 Å². The minimum absolute atomic E-state index is 0.242. The number of hydrogen-bond acceptors (Lipinski definition) is 3. The molecule has 0 bridgehead atoms. The first-order valence-electron chi connectivity index (χ1n) is 4.76. The van der Waals surface area contributed by atoms with Gasteiger partial charge in [0.2, 0.25) is 0 Å². The third-order valence-electron chi connectivity index (χ3n) is 2.08. The molecule has 0 spiro atoms. The number of nitrogens with one attached hydrogen (secondary N) is 1. The molecule has 0 fully saturated rings. The molecule has 2 rings (SSSR count). The first-order chi connectivity index (χ1) is 7.78. The Morgan fingerprint density at radius 1 is 1.19 bits per heavy atom. The molecule has 0 saturated carbocycles. The zero-order valence-electron chi connectivity index (χ0n) is 8.40. The second-order valence-corrected chi connectivity index (χ2v) is 4.41. The number of rotatable bonds is 3. The van der Waals surface area contributed by atoms with Gasteiger partial charge in [0.25, 0.3) is 0 Å². The van der Waals surface area contributed by atoms with Crippen molar-refractivity contribution in [2.45, 2.75) is 6.54 Å². The van der Waals surface area contributed by atoms with Crippen LogP contribution in [0.4, 0.5) is 10.1 Å². The molecular formula is C12H9FN2S. The predicted octanol–water partition coefficient (Wildman–Crippen LogP) is 3.37. The molecule has 16 heavy (non-hydrogen) atoms. The van der Waals surface area contributed by atoms with Crippen LogP contribution in [0.2, 0.25) is 0 Å². The molecule has 0 aliphatic rings. The van der Waals surface area contributed by atoms with E-state index < -0.39 is 0 Å². The van der Waals surface area contributed by atoms with E-state index in [9.17, 15) is 4.39 Å². The maximum absolute atomic E-state index is 12.6. The van der Waals surface area contributed by atoms with Crippen LogP contribution in [-0.2, 0) is 6.54 Å².